The van der Waals surface area contributed by atoms with Gasteiger partial charge in [-0.15, -0.1) is 0 Å². The Labute approximate surface area is 126 Å². The second-order valence-corrected chi connectivity index (χ2v) is 6.15. The number of rotatable bonds is 7. The van der Waals surface area contributed by atoms with Gasteiger partial charge in [0.1, 0.15) is 6.61 Å². The van der Waals surface area contributed by atoms with Crippen LogP contribution in [-0.2, 0) is 9.53 Å². The van der Waals surface area contributed by atoms with Crippen molar-refractivity contribution >= 4 is 12.0 Å². The number of fused-ring (bicyclic) bond motifs is 2. The monoisotopic (exact) mass is 294 g/mol. The average molecular weight is 294 g/mol. The maximum absolute atomic E-state index is 11.7. The molecule has 2 aliphatic rings. The number of carbonyl (C=O) groups excluding carboxylic acids is 2. The van der Waals surface area contributed by atoms with E-state index in [-0.39, 0.29) is 24.5 Å². The van der Waals surface area contributed by atoms with Gasteiger partial charge in [0.2, 0.25) is 0 Å². The fourth-order valence-corrected chi connectivity index (χ4v) is 3.04. The molecule has 0 spiro atoms. The Morgan fingerprint density at radius 2 is 2.10 bits per heavy atom. The van der Waals surface area contributed by atoms with Crippen LogP contribution in [0.3, 0.4) is 0 Å². The molecule has 4 atom stereocenters. The number of carbonyl (C=O) groups is 2. The molecule has 0 heterocycles. The van der Waals surface area contributed by atoms with Crippen molar-refractivity contribution in [2.45, 2.75) is 33.1 Å². The SMILES string of the molecule is CCC(C)C(=O)OCCNC(=O)NCC1CC2C=CC1C2. The minimum Gasteiger partial charge on any atom is -0.464 e. The van der Waals surface area contributed by atoms with Gasteiger partial charge in [-0.1, -0.05) is 26.0 Å². The Kier molecular flexibility index (Phi) is 5.65. The normalized spacial score (nSPS) is 27.4. The van der Waals surface area contributed by atoms with Crippen LogP contribution in [0.5, 0.6) is 0 Å². The summed E-state index contributed by atoms with van der Waals surface area (Å²) >= 11 is 0. The van der Waals surface area contributed by atoms with Crippen LogP contribution in [0, 0.1) is 23.7 Å². The molecule has 118 valence electrons. The highest BCUT2D eigenvalue weighted by Gasteiger charge is 2.35. The molecular formula is C16H26N2O3. The van der Waals surface area contributed by atoms with Crippen LogP contribution in [0.2, 0.25) is 0 Å². The van der Waals surface area contributed by atoms with Gasteiger partial charge in [-0.25, -0.2) is 4.79 Å². The maximum Gasteiger partial charge on any atom is 0.314 e. The maximum atomic E-state index is 11.7. The first-order valence-electron chi connectivity index (χ1n) is 7.96. The largest absolute Gasteiger partial charge is 0.464 e. The van der Waals surface area contributed by atoms with Crippen molar-refractivity contribution in [3.05, 3.63) is 12.2 Å². The molecule has 0 radical (unpaired) electrons. The lowest BCUT2D eigenvalue weighted by Gasteiger charge is -2.18. The Balaban J connectivity index is 1.52. The highest BCUT2D eigenvalue weighted by molar-refractivity contribution is 5.74. The van der Waals surface area contributed by atoms with Crippen LogP contribution in [0.1, 0.15) is 33.1 Å². The quantitative estimate of drug-likeness (QED) is 0.429. The third-order valence-electron chi connectivity index (χ3n) is 4.59. The standard InChI is InChI=1S/C16H26N2O3/c1-3-11(2)15(19)21-7-6-17-16(20)18-10-14-9-12-4-5-13(14)8-12/h4-5,11-14H,3,6-10H2,1-2H3,(H2,17,18,20). The van der Waals surface area contributed by atoms with Crippen LogP contribution in [0.4, 0.5) is 4.79 Å². The molecule has 2 amide bonds. The van der Waals surface area contributed by atoms with Crippen LogP contribution >= 0.6 is 0 Å². The number of hydrogen-bond donors (Lipinski definition) is 2. The van der Waals surface area contributed by atoms with E-state index in [4.69, 9.17) is 4.74 Å². The molecular weight excluding hydrogens is 268 g/mol. The summed E-state index contributed by atoms with van der Waals surface area (Å²) in [6, 6.07) is -0.179. The lowest BCUT2D eigenvalue weighted by Crippen LogP contribution is -2.40. The summed E-state index contributed by atoms with van der Waals surface area (Å²) in [6.07, 6.45) is 7.79. The summed E-state index contributed by atoms with van der Waals surface area (Å²) < 4.78 is 5.07. The van der Waals surface area contributed by atoms with Crippen LogP contribution in [-0.4, -0.2) is 31.7 Å². The molecule has 1 fully saturated rings. The number of allylic oxidation sites excluding steroid dienone is 2. The molecule has 5 nitrogen and oxygen atoms in total. The van der Waals surface area contributed by atoms with Gasteiger partial charge in [0.25, 0.3) is 0 Å². The van der Waals surface area contributed by atoms with Gasteiger partial charge in [0.15, 0.2) is 0 Å². The van der Waals surface area contributed by atoms with E-state index in [1.807, 2.05) is 13.8 Å². The zero-order valence-electron chi connectivity index (χ0n) is 12.9. The van der Waals surface area contributed by atoms with Crippen LogP contribution in [0.25, 0.3) is 0 Å². The van der Waals surface area contributed by atoms with Crippen LogP contribution < -0.4 is 10.6 Å². The summed E-state index contributed by atoms with van der Waals surface area (Å²) in [5, 5.41) is 5.62. The third kappa shape index (κ3) is 4.48. The highest BCUT2D eigenvalue weighted by atomic mass is 16.5. The summed E-state index contributed by atoms with van der Waals surface area (Å²) in [6.45, 7) is 5.09. The minimum absolute atomic E-state index is 0.0790. The lowest BCUT2D eigenvalue weighted by atomic mass is 9.94. The molecule has 2 aliphatic carbocycles. The first-order valence-corrected chi connectivity index (χ1v) is 7.96. The van der Waals surface area contributed by atoms with Crippen LogP contribution in [0.15, 0.2) is 12.2 Å². The van der Waals surface area contributed by atoms with Gasteiger partial charge < -0.3 is 15.4 Å². The molecule has 2 rings (SSSR count). The Morgan fingerprint density at radius 1 is 1.29 bits per heavy atom. The second kappa shape index (κ2) is 7.48. The number of ether oxygens (including phenoxy) is 1. The van der Waals surface area contributed by atoms with Crippen molar-refractivity contribution in [1.29, 1.82) is 0 Å². The van der Waals surface area contributed by atoms with Crippen molar-refractivity contribution < 1.29 is 14.3 Å². The number of amides is 2. The smallest absolute Gasteiger partial charge is 0.314 e. The van der Waals surface area contributed by atoms with Crippen molar-refractivity contribution in [3.8, 4) is 0 Å². The zero-order chi connectivity index (χ0) is 15.2. The summed E-state index contributed by atoms with van der Waals surface area (Å²) in [7, 11) is 0. The van der Waals surface area contributed by atoms with Gasteiger partial charge in [0.05, 0.1) is 12.5 Å². The van der Waals surface area contributed by atoms with E-state index in [9.17, 15) is 9.59 Å². The molecule has 2 bridgehead atoms. The second-order valence-electron chi connectivity index (χ2n) is 6.15. The summed E-state index contributed by atoms with van der Waals surface area (Å²) in [5.41, 5.74) is 0. The minimum atomic E-state index is -0.200. The van der Waals surface area contributed by atoms with E-state index in [1.165, 1.54) is 12.8 Å². The first-order chi connectivity index (χ1) is 10.1. The average Bonchev–Trinajstić information content (AvgIpc) is 3.11. The molecule has 0 aromatic heterocycles. The van der Waals surface area contributed by atoms with E-state index >= 15 is 0 Å². The number of hydrogen-bond acceptors (Lipinski definition) is 3. The molecule has 0 aliphatic heterocycles. The van der Waals surface area contributed by atoms with E-state index < -0.39 is 0 Å². The Morgan fingerprint density at radius 3 is 2.71 bits per heavy atom. The molecule has 1 saturated carbocycles. The summed E-state index contributed by atoms with van der Waals surface area (Å²) in [5.74, 6) is 1.67. The van der Waals surface area contributed by atoms with Gasteiger partial charge >= 0.3 is 12.0 Å². The molecule has 0 saturated heterocycles. The van der Waals surface area contributed by atoms with Gasteiger partial charge in [-0.2, -0.15) is 0 Å². The molecule has 21 heavy (non-hydrogen) atoms. The number of urea groups is 1. The molecule has 2 N–H and O–H groups in total. The fourth-order valence-electron chi connectivity index (χ4n) is 3.04. The van der Waals surface area contributed by atoms with E-state index in [2.05, 4.69) is 22.8 Å². The first kappa shape index (κ1) is 15.9. The lowest BCUT2D eigenvalue weighted by molar-refractivity contribution is -0.147. The van der Waals surface area contributed by atoms with Crippen molar-refractivity contribution in [3.63, 3.8) is 0 Å². The third-order valence-corrected chi connectivity index (χ3v) is 4.59. The predicted octanol–water partition coefficient (Wildman–Crippen LogP) is 2.09. The molecule has 0 aromatic rings. The van der Waals surface area contributed by atoms with Crippen molar-refractivity contribution in [2.24, 2.45) is 23.7 Å². The molecule has 5 heteroatoms. The molecule has 0 aromatic carbocycles. The van der Waals surface area contributed by atoms with Crippen molar-refractivity contribution in [1.82, 2.24) is 10.6 Å². The van der Waals surface area contributed by atoms with Crippen molar-refractivity contribution in [2.75, 3.05) is 19.7 Å². The van der Waals surface area contributed by atoms with E-state index in [0.717, 1.165) is 18.9 Å². The molecule has 4 unspecified atom stereocenters. The zero-order valence-corrected chi connectivity index (χ0v) is 12.9. The van der Waals surface area contributed by atoms with Gasteiger partial charge in [0, 0.05) is 6.54 Å². The van der Waals surface area contributed by atoms with Gasteiger partial charge in [-0.05, 0) is 37.0 Å². The topological polar surface area (TPSA) is 67.4 Å². The van der Waals surface area contributed by atoms with E-state index in [1.54, 1.807) is 0 Å². The Hall–Kier alpha value is -1.52. The number of nitrogens with one attached hydrogen (secondary N) is 2. The summed E-state index contributed by atoms with van der Waals surface area (Å²) in [4.78, 5) is 23.1. The Bertz CT molecular complexity index is 408. The number of esters is 1. The predicted molar refractivity (Wildman–Crippen MR) is 80.7 cm³/mol. The fraction of sp³-hybridized carbons (Fsp3) is 0.750. The highest BCUT2D eigenvalue weighted by Crippen LogP contribution is 2.42. The van der Waals surface area contributed by atoms with E-state index in [0.29, 0.717) is 18.4 Å². The van der Waals surface area contributed by atoms with Gasteiger partial charge in [-0.3, -0.25) is 4.79 Å².